The van der Waals surface area contributed by atoms with Crippen LogP contribution in [0.2, 0.25) is 0 Å². The summed E-state index contributed by atoms with van der Waals surface area (Å²) in [6.07, 6.45) is 4.01. The summed E-state index contributed by atoms with van der Waals surface area (Å²) in [4.78, 5) is 15.3. The molecule has 2 aromatic rings. The van der Waals surface area contributed by atoms with Crippen LogP contribution in [-0.2, 0) is 0 Å². The van der Waals surface area contributed by atoms with Gasteiger partial charge in [-0.05, 0) is 49.8 Å². The van der Waals surface area contributed by atoms with Gasteiger partial charge in [0.05, 0.1) is 15.8 Å². The van der Waals surface area contributed by atoms with Crippen molar-refractivity contribution < 1.29 is 4.92 Å². The Balaban J connectivity index is 1.94. The topological polar surface area (TPSA) is 68.1 Å². The lowest BCUT2D eigenvalue weighted by Gasteiger charge is -2.23. The highest BCUT2D eigenvalue weighted by molar-refractivity contribution is 8.00. The third kappa shape index (κ3) is 2.81. The summed E-state index contributed by atoms with van der Waals surface area (Å²) >= 11 is 1.94. The fourth-order valence-corrected chi connectivity index (χ4v) is 3.98. The highest BCUT2D eigenvalue weighted by Crippen LogP contribution is 2.39. The molecule has 0 bridgehead atoms. The summed E-state index contributed by atoms with van der Waals surface area (Å²) in [5.74, 6) is 1.17. The maximum Gasteiger partial charge on any atom is 0.301 e. The van der Waals surface area contributed by atoms with E-state index in [2.05, 4.69) is 17.2 Å². The molecule has 0 radical (unpaired) electrons. The molecule has 1 atom stereocenters. The molecule has 0 aliphatic carbocycles. The smallest absolute Gasteiger partial charge is 0.301 e. The van der Waals surface area contributed by atoms with Gasteiger partial charge in [0, 0.05) is 17.5 Å². The summed E-state index contributed by atoms with van der Waals surface area (Å²) in [6.45, 7) is 2.95. The molecular formula is C15H17N3O2S. The van der Waals surface area contributed by atoms with Gasteiger partial charge in [-0.15, -0.1) is 0 Å². The largest absolute Gasteiger partial charge is 0.378 e. The van der Waals surface area contributed by atoms with Crippen LogP contribution >= 0.6 is 11.8 Å². The number of nitrogens with one attached hydrogen (secondary N) is 1. The van der Waals surface area contributed by atoms with Gasteiger partial charge in [-0.2, -0.15) is 11.8 Å². The first-order valence-corrected chi connectivity index (χ1v) is 7.98. The molecule has 1 fully saturated rings. The van der Waals surface area contributed by atoms with Crippen molar-refractivity contribution in [1.82, 2.24) is 4.98 Å². The lowest BCUT2D eigenvalue weighted by molar-refractivity contribution is -0.382. The molecule has 3 rings (SSSR count). The van der Waals surface area contributed by atoms with Crippen LogP contribution in [0.25, 0.3) is 10.9 Å². The minimum absolute atomic E-state index is 0.118. The second-order valence-corrected chi connectivity index (χ2v) is 7.23. The number of pyridine rings is 1. The molecular weight excluding hydrogens is 286 g/mol. The Kier molecular flexibility index (Phi) is 3.71. The third-order valence-corrected chi connectivity index (χ3v) is 5.43. The van der Waals surface area contributed by atoms with E-state index in [-0.39, 0.29) is 15.4 Å². The Hall–Kier alpha value is -1.82. The van der Waals surface area contributed by atoms with Crippen LogP contribution in [-0.4, -0.2) is 27.0 Å². The van der Waals surface area contributed by atoms with Gasteiger partial charge in [0.1, 0.15) is 5.69 Å². The van der Waals surface area contributed by atoms with Gasteiger partial charge >= 0.3 is 5.69 Å². The Labute approximate surface area is 127 Å². The molecule has 0 spiro atoms. The molecule has 1 aliphatic heterocycles. The number of aromatic nitrogens is 1. The van der Waals surface area contributed by atoms with Crippen LogP contribution in [0.4, 0.5) is 11.4 Å². The van der Waals surface area contributed by atoms with E-state index in [4.69, 9.17) is 0 Å². The first-order chi connectivity index (χ1) is 10.1. The van der Waals surface area contributed by atoms with Crippen molar-refractivity contribution in [2.75, 3.05) is 17.6 Å². The first kappa shape index (κ1) is 14.1. The molecule has 5 nitrogen and oxygen atoms in total. The normalized spacial score (nSPS) is 21.6. The minimum Gasteiger partial charge on any atom is -0.378 e. The number of nitrogens with zero attached hydrogens (tertiary/aromatic N) is 2. The number of benzene rings is 1. The fraction of sp³-hybridized carbons (Fsp3) is 0.400. The van der Waals surface area contributed by atoms with Crippen molar-refractivity contribution in [2.45, 2.75) is 24.5 Å². The molecule has 0 amide bonds. The van der Waals surface area contributed by atoms with Crippen LogP contribution in [0.1, 0.15) is 19.8 Å². The molecule has 110 valence electrons. The zero-order valence-electron chi connectivity index (χ0n) is 11.8. The average Bonchev–Trinajstić information content (AvgIpc) is 2.91. The van der Waals surface area contributed by atoms with E-state index in [9.17, 15) is 10.1 Å². The number of nitro benzene ring substituents is 1. The van der Waals surface area contributed by atoms with E-state index in [1.54, 1.807) is 24.4 Å². The molecule has 1 aromatic heterocycles. The average molecular weight is 303 g/mol. The van der Waals surface area contributed by atoms with Crippen LogP contribution < -0.4 is 5.32 Å². The van der Waals surface area contributed by atoms with Crippen LogP contribution in [0, 0.1) is 10.1 Å². The number of hydrogen-bond donors (Lipinski definition) is 1. The summed E-state index contributed by atoms with van der Waals surface area (Å²) in [5.41, 5.74) is 1.35. The zero-order chi connectivity index (χ0) is 14.9. The van der Waals surface area contributed by atoms with Gasteiger partial charge in [-0.3, -0.25) is 15.1 Å². The lowest BCUT2D eigenvalue weighted by Crippen LogP contribution is -2.27. The Morgan fingerprint density at radius 1 is 1.48 bits per heavy atom. The van der Waals surface area contributed by atoms with Gasteiger partial charge in [0.2, 0.25) is 0 Å². The third-order valence-electron chi connectivity index (χ3n) is 3.89. The highest BCUT2D eigenvalue weighted by atomic mass is 32.2. The van der Waals surface area contributed by atoms with E-state index in [1.807, 2.05) is 17.8 Å². The highest BCUT2D eigenvalue weighted by Gasteiger charge is 2.30. The van der Waals surface area contributed by atoms with Crippen molar-refractivity contribution in [3.05, 3.63) is 40.6 Å². The van der Waals surface area contributed by atoms with Crippen molar-refractivity contribution in [3.63, 3.8) is 0 Å². The molecule has 0 saturated carbocycles. The van der Waals surface area contributed by atoms with Gasteiger partial charge < -0.3 is 5.32 Å². The zero-order valence-corrected chi connectivity index (χ0v) is 12.7. The molecule has 1 aliphatic rings. The van der Waals surface area contributed by atoms with Gasteiger partial charge in [-0.1, -0.05) is 0 Å². The molecule has 1 saturated heterocycles. The number of nitro groups is 1. The second-order valence-electron chi connectivity index (χ2n) is 5.54. The molecule has 6 heteroatoms. The van der Waals surface area contributed by atoms with Crippen LogP contribution in [0.15, 0.2) is 30.5 Å². The number of rotatable bonds is 4. The summed E-state index contributed by atoms with van der Waals surface area (Å²) < 4.78 is 0.164. The summed E-state index contributed by atoms with van der Waals surface area (Å²) in [7, 11) is 0. The predicted octanol–water partition coefficient (Wildman–Crippen LogP) is 3.84. The molecule has 21 heavy (non-hydrogen) atoms. The van der Waals surface area contributed by atoms with Crippen molar-refractivity contribution in [1.29, 1.82) is 0 Å². The Bertz CT molecular complexity index is 684. The van der Waals surface area contributed by atoms with E-state index in [0.29, 0.717) is 16.6 Å². The fourth-order valence-electron chi connectivity index (χ4n) is 2.73. The van der Waals surface area contributed by atoms with E-state index < -0.39 is 0 Å². The molecule has 1 N–H and O–H groups in total. The van der Waals surface area contributed by atoms with Crippen molar-refractivity contribution in [2.24, 2.45) is 0 Å². The number of thioether (sulfide) groups is 1. The maximum absolute atomic E-state index is 11.4. The predicted molar refractivity (Wildman–Crippen MR) is 87.0 cm³/mol. The summed E-state index contributed by atoms with van der Waals surface area (Å²) in [5, 5.41) is 15.3. The number of hydrogen-bond acceptors (Lipinski definition) is 5. The van der Waals surface area contributed by atoms with Crippen LogP contribution in [0.3, 0.4) is 0 Å². The number of fused-ring (bicyclic) bond motifs is 1. The minimum atomic E-state index is -0.323. The monoisotopic (exact) mass is 303 g/mol. The molecule has 1 aromatic carbocycles. The SMILES string of the molecule is CC1(CNc2ccc3ncccc3c2[N+](=O)[O-])CCCS1. The molecule has 1 unspecified atom stereocenters. The van der Waals surface area contributed by atoms with Crippen LogP contribution in [0.5, 0.6) is 0 Å². The summed E-state index contributed by atoms with van der Waals surface area (Å²) in [6, 6.07) is 7.07. The van der Waals surface area contributed by atoms with Gasteiger partial charge in [0.15, 0.2) is 0 Å². The lowest BCUT2D eigenvalue weighted by atomic mass is 10.1. The first-order valence-electron chi connectivity index (χ1n) is 6.99. The van der Waals surface area contributed by atoms with E-state index in [1.165, 1.54) is 12.2 Å². The van der Waals surface area contributed by atoms with Gasteiger partial charge in [-0.25, -0.2) is 0 Å². The second kappa shape index (κ2) is 5.52. The quantitative estimate of drug-likeness (QED) is 0.686. The standard InChI is InChI=1S/C15H17N3O2S/c1-15(7-3-9-21-15)10-17-13-6-5-12-11(4-2-8-16-12)14(13)18(19)20/h2,4-6,8,17H,3,7,9-10H2,1H3. The number of anilines is 1. The van der Waals surface area contributed by atoms with E-state index in [0.717, 1.165) is 13.0 Å². The molecule has 2 heterocycles. The van der Waals surface area contributed by atoms with E-state index >= 15 is 0 Å². The Morgan fingerprint density at radius 3 is 3.05 bits per heavy atom. The van der Waals surface area contributed by atoms with Crippen molar-refractivity contribution >= 4 is 34.0 Å². The maximum atomic E-state index is 11.4. The van der Waals surface area contributed by atoms with Gasteiger partial charge in [0.25, 0.3) is 0 Å². The Morgan fingerprint density at radius 2 is 2.33 bits per heavy atom. The van der Waals surface area contributed by atoms with Crippen molar-refractivity contribution in [3.8, 4) is 0 Å².